The van der Waals surface area contributed by atoms with Gasteiger partial charge in [-0.15, -0.1) is 0 Å². The number of H-pyrrole nitrogens is 2. The largest absolute Gasteiger partial charge is 0.446 e. The van der Waals surface area contributed by atoms with Crippen molar-refractivity contribution in [3.8, 4) is 46.5 Å². The van der Waals surface area contributed by atoms with Crippen molar-refractivity contribution in [2.45, 2.75) is 61.3 Å². The number of nitrogens with one attached hydrogen (secondary N) is 7. The Kier molecular flexibility index (Phi) is 28.3. The molecule has 32 nitrogen and oxygen atoms in total. The van der Waals surface area contributed by atoms with E-state index in [9.17, 15) is 30.7 Å². The van der Waals surface area contributed by atoms with Gasteiger partial charge in [0.25, 0.3) is 11.4 Å². The van der Waals surface area contributed by atoms with Crippen LogP contribution in [0.1, 0.15) is 65.5 Å². The molecule has 4 aliphatic heterocycles. The first-order valence-electron chi connectivity index (χ1n) is 44.6. The Balaban J connectivity index is 0.000000127. The van der Waals surface area contributed by atoms with Gasteiger partial charge in [-0.25, -0.2) is 105 Å². The second-order valence-corrected chi connectivity index (χ2v) is 33.8. The Bertz CT molecular complexity index is 6990. The van der Waals surface area contributed by atoms with Crippen molar-refractivity contribution in [1.82, 2.24) is 89.8 Å². The van der Waals surface area contributed by atoms with Crippen molar-refractivity contribution >= 4 is 115 Å². The van der Waals surface area contributed by atoms with Crippen LogP contribution in [0.4, 0.5) is 116 Å². The van der Waals surface area contributed by atoms with Crippen molar-refractivity contribution in [1.29, 1.82) is 0 Å². The first-order valence-corrected chi connectivity index (χ1v) is 44.6. The molecule has 0 atom stereocenters. The van der Waals surface area contributed by atoms with Crippen LogP contribution in [0.15, 0.2) is 146 Å². The summed E-state index contributed by atoms with van der Waals surface area (Å²) < 4.78 is 140. The summed E-state index contributed by atoms with van der Waals surface area (Å²) in [6.07, 6.45) is 16.1. The molecule has 6 aliphatic rings. The molecule has 0 unspecified atom stereocenters. The number of anilines is 12. The third-order valence-electron chi connectivity index (χ3n) is 24.2. The predicted molar refractivity (Wildman–Crippen MR) is 513 cm³/mol. The van der Waals surface area contributed by atoms with E-state index in [1.807, 2.05) is 62.6 Å². The molecule has 708 valence electrons. The highest BCUT2D eigenvalue weighted by Gasteiger charge is 2.30. The first kappa shape index (κ1) is 94.0. The molecule has 7 N–H and O–H groups in total. The summed E-state index contributed by atoms with van der Waals surface area (Å²) in [6.45, 7) is 44.5. The molecule has 10 aromatic heterocycles. The van der Waals surface area contributed by atoms with Gasteiger partial charge < -0.3 is 89.8 Å². The zero-order chi connectivity index (χ0) is 96.5. The molecule has 14 aromatic rings. The third-order valence-corrected chi connectivity index (χ3v) is 24.2. The average molecular weight is 1880 g/mol. The van der Waals surface area contributed by atoms with Crippen LogP contribution >= 0.6 is 0 Å². The van der Waals surface area contributed by atoms with E-state index in [2.05, 4.69) is 161 Å². The minimum Gasteiger partial charge on any atom is -0.446 e. The van der Waals surface area contributed by atoms with Crippen molar-refractivity contribution in [2.24, 2.45) is 0 Å². The fraction of sp³-hybridized carbons (Fsp3) is 0.286. The molecule has 138 heavy (non-hydrogen) atoms. The number of aromatic amines is 2. The molecule has 20 rings (SSSR count). The Hall–Kier alpha value is -15.8. The Morgan fingerprint density at radius 3 is 1.04 bits per heavy atom. The average Bonchev–Trinajstić information content (AvgIpc) is 1.62. The van der Waals surface area contributed by atoms with Crippen LogP contribution in [-0.4, -0.2) is 210 Å². The summed E-state index contributed by atoms with van der Waals surface area (Å²) in [4.78, 5) is 79.5. The summed E-state index contributed by atoms with van der Waals surface area (Å²) in [5, 5.41) is 15.9. The number of hydrogen-bond donors (Lipinski definition) is 7. The summed E-state index contributed by atoms with van der Waals surface area (Å²) in [5.74, 6) is -2.90. The molecule has 2 aliphatic carbocycles. The number of fused-ring (bicyclic) bond motifs is 4. The summed E-state index contributed by atoms with van der Waals surface area (Å²) in [6, 6.07) is 22.4. The van der Waals surface area contributed by atoms with Gasteiger partial charge >= 0.3 is 0 Å². The number of ether oxygens (including phenoxy) is 4. The van der Waals surface area contributed by atoms with E-state index in [4.69, 9.17) is 32.1 Å². The number of likely N-dealkylation sites (N-methyl/N-ethyl adjacent to an activating group) is 3. The maximum atomic E-state index is 15.0. The molecule has 4 aromatic carbocycles. The van der Waals surface area contributed by atoms with Crippen molar-refractivity contribution in [3.05, 3.63) is 260 Å². The summed E-state index contributed by atoms with van der Waals surface area (Å²) in [5.41, 5.74) is 9.27. The van der Waals surface area contributed by atoms with E-state index in [1.165, 1.54) is 31.4 Å². The number of aryl methyl sites for hydroxylation is 2. The number of benzene rings is 4. The molecule has 14 heterocycles. The number of nitrogens with zero attached hydrogens (tertiary/aromatic N) is 21. The number of aromatic nitrogens is 14. The number of pyridine rings is 4. The van der Waals surface area contributed by atoms with E-state index < -0.39 is 46.5 Å². The SMILES string of the molecule is CCN1CCN(c2ccc(Nc3ncnc(Oc4cc(F)c5[nH]c(C)cc5c4F)c3C)nc2)CC1.Cc1cc2c(F)c(Oc3ncnc(Nc4ccc(N5CCN(C)CC5)cn4)c3C)cc(F)c2[nH]1.[C-]#[N+]c1c(Nc2ccc(N3CCN(C)CC3)cn2)ncnc1Oc1cc(F)c2c(c1F)C=C(C)C2.[C-]#[N+]c1c(Nc2ccc(N3CCNCC3)cn2)ncnc1Oc1cc(F)c2c(c1F)C=C(C)C2. The minimum atomic E-state index is -0.692. The lowest BCUT2D eigenvalue weighted by Crippen LogP contribution is -2.46. The second-order valence-electron chi connectivity index (χ2n) is 33.8. The second kappa shape index (κ2) is 41.6. The van der Waals surface area contributed by atoms with Crippen LogP contribution < -0.4 is 65.1 Å². The number of hydrogen-bond acceptors (Lipinski definition) is 28. The quantitative estimate of drug-likeness (QED) is 0.0260. The zero-order valence-corrected chi connectivity index (χ0v) is 76.8. The number of piperazine rings is 4. The van der Waals surface area contributed by atoms with Crippen LogP contribution in [0.5, 0.6) is 46.5 Å². The lowest BCUT2D eigenvalue weighted by Gasteiger charge is -2.35. The molecule has 4 saturated heterocycles. The number of halogens is 8. The summed E-state index contributed by atoms with van der Waals surface area (Å²) in [7, 11) is 4.22. The fourth-order valence-electron chi connectivity index (χ4n) is 16.5. The topological polar surface area (TPSA) is 315 Å². The van der Waals surface area contributed by atoms with Crippen LogP contribution in [0, 0.1) is 87.4 Å². The maximum Gasteiger partial charge on any atom is 0.288 e. The van der Waals surface area contributed by atoms with Gasteiger partial charge in [0.1, 0.15) is 83.5 Å². The third kappa shape index (κ3) is 21.2. The van der Waals surface area contributed by atoms with Crippen LogP contribution in [0.2, 0.25) is 0 Å². The van der Waals surface area contributed by atoms with Gasteiger partial charge in [0.05, 0.1) is 82.8 Å². The van der Waals surface area contributed by atoms with E-state index in [0.29, 0.717) is 81.4 Å². The Morgan fingerprint density at radius 2 is 0.688 bits per heavy atom. The van der Waals surface area contributed by atoms with E-state index in [1.54, 1.807) is 70.4 Å². The molecular weight excluding hydrogens is 1790 g/mol. The number of allylic oxidation sites excluding steroid dienone is 2. The first-order chi connectivity index (χ1) is 66.8. The molecule has 0 radical (unpaired) electrons. The lowest BCUT2D eigenvalue weighted by atomic mass is 10.1. The van der Waals surface area contributed by atoms with Crippen molar-refractivity contribution in [2.75, 3.05) is 166 Å². The molecule has 0 bridgehead atoms. The van der Waals surface area contributed by atoms with Crippen molar-refractivity contribution < 1.29 is 54.1 Å². The van der Waals surface area contributed by atoms with E-state index in [0.717, 1.165) is 169 Å². The highest BCUT2D eigenvalue weighted by molar-refractivity contribution is 5.85. The van der Waals surface area contributed by atoms with Crippen LogP contribution in [-0.2, 0) is 12.8 Å². The van der Waals surface area contributed by atoms with Gasteiger partial charge in [-0.2, -0.15) is 0 Å². The normalized spacial score (nSPS) is 14.8. The Labute approximate surface area is 789 Å². The number of rotatable bonds is 21. The molecular formula is C98H96F8N28O4. The van der Waals surface area contributed by atoms with E-state index in [-0.39, 0.29) is 102 Å². The van der Waals surface area contributed by atoms with E-state index >= 15 is 4.39 Å². The Morgan fingerprint density at radius 1 is 0.370 bits per heavy atom. The van der Waals surface area contributed by atoms with Gasteiger partial charge in [-0.05, 0) is 136 Å². The lowest BCUT2D eigenvalue weighted by molar-refractivity contribution is 0.271. The van der Waals surface area contributed by atoms with Crippen LogP contribution in [0.25, 0.3) is 43.6 Å². The van der Waals surface area contributed by atoms with Gasteiger partial charge in [0.15, 0.2) is 57.9 Å². The van der Waals surface area contributed by atoms with Gasteiger partial charge in [-0.3, -0.25) is 0 Å². The smallest absolute Gasteiger partial charge is 0.288 e. The molecule has 0 saturated carbocycles. The van der Waals surface area contributed by atoms with Crippen LogP contribution in [0.3, 0.4) is 0 Å². The highest BCUT2D eigenvalue weighted by Crippen LogP contribution is 2.45. The fourth-order valence-corrected chi connectivity index (χ4v) is 16.5. The van der Waals surface area contributed by atoms with Gasteiger partial charge in [0.2, 0.25) is 23.5 Å². The molecule has 0 amide bonds. The minimum absolute atomic E-state index is 0.0653. The standard InChI is InChI=1S/C25H23F2N7O.C25H27F2N7O.C24H25F2N7O.C24H21F2N7O/c1-15-10-17-18(11-15)22(27)20(12-19(17)26)35-25-23(28-2)24(30-14-31-25)32-21-5-4-16(13-29-21)34-8-6-33(3)7-9-34;1-4-33-7-9-34(10-8-33)17-5-6-21(28-13-17)32-24-16(3)25(30-14-29-24)35-20-12-19(26)23-18(22(20)27)11-15(2)31-23;1-14-10-17-21(26)19(11-18(25)22(17)30-14)34-24-15(2)23(28-13-29-24)31-20-5-4-16(12-27-20)33-8-6-32(3)7-9-33;1-14-9-16-17(10-14)21(26)19(11-18(16)25)34-24-22(27-2)23(30-13-31-24)32-20-4-3-15(12-29-20)33-7-5-28-6-8-33/h4-5,11-14H,6-10H2,1,3H3,(H,29,30,31,32);5-6,11-14,31H,4,7-10H2,1-3H3,(H,28,29,30,32);4-5,10-13,30H,6-9H2,1-3H3,(H,27,28,29,31);3-4,10-13,28H,5-9H2,1H3,(H,29,30,31,32). The zero-order valence-electron chi connectivity index (χ0n) is 76.8. The molecule has 4 fully saturated rings. The monoisotopic (exact) mass is 1880 g/mol. The molecule has 0 spiro atoms. The predicted octanol–water partition coefficient (Wildman–Crippen LogP) is 19.0. The molecule has 40 heteroatoms. The maximum absolute atomic E-state index is 15.0. The van der Waals surface area contributed by atoms with Gasteiger partial charge in [-0.1, -0.05) is 30.2 Å². The summed E-state index contributed by atoms with van der Waals surface area (Å²) >= 11 is 0. The highest BCUT2D eigenvalue weighted by atomic mass is 19.2. The van der Waals surface area contributed by atoms with Crippen molar-refractivity contribution in [3.63, 3.8) is 0 Å². The van der Waals surface area contributed by atoms with Gasteiger partial charge in [0, 0.05) is 173 Å².